The monoisotopic (exact) mass is 549 g/mol. The number of rotatable bonds is 3. The van der Waals surface area contributed by atoms with Crippen molar-refractivity contribution in [2.45, 2.75) is 24.1 Å². The number of halogens is 1. The molecule has 4 aromatic rings. The third-order valence-corrected chi connectivity index (χ3v) is 9.74. The van der Waals surface area contributed by atoms with Gasteiger partial charge in [-0.05, 0) is 77.6 Å². The van der Waals surface area contributed by atoms with Crippen LogP contribution in [0.1, 0.15) is 39.3 Å². The van der Waals surface area contributed by atoms with Crippen molar-refractivity contribution in [1.29, 1.82) is 0 Å². The first kappa shape index (κ1) is 22.5. The van der Waals surface area contributed by atoms with E-state index in [2.05, 4.69) is 53.2 Å². The highest BCUT2D eigenvalue weighted by molar-refractivity contribution is 9.09. The molecular weight excluding hydrogens is 526 g/mol. The van der Waals surface area contributed by atoms with E-state index in [-0.39, 0.29) is 17.7 Å². The van der Waals surface area contributed by atoms with Crippen molar-refractivity contribution in [2.24, 2.45) is 11.8 Å². The summed E-state index contributed by atoms with van der Waals surface area (Å²) in [6.45, 7) is 4.08. The maximum Gasteiger partial charge on any atom is 0.239 e. The van der Waals surface area contributed by atoms with Gasteiger partial charge in [-0.25, -0.2) is 4.90 Å². The molecule has 0 saturated carbocycles. The van der Waals surface area contributed by atoms with Crippen molar-refractivity contribution in [3.63, 3.8) is 0 Å². The van der Waals surface area contributed by atoms with Gasteiger partial charge in [-0.2, -0.15) is 0 Å². The summed E-state index contributed by atoms with van der Waals surface area (Å²) in [5.41, 5.74) is 7.23. The minimum absolute atomic E-state index is 0.143. The maximum atomic E-state index is 14.1. The van der Waals surface area contributed by atoms with Gasteiger partial charge < -0.3 is 4.74 Å². The lowest BCUT2D eigenvalue weighted by atomic mass is 9.55. The Labute approximate surface area is 224 Å². The first-order chi connectivity index (χ1) is 17.9. The Morgan fingerprint density at radius 3 is 2.03 bits per heavy atom. The minimum Gasteiger partial charge on any atom is -0.457 e. The van der Waals surface area contributed by atoms with Crippen LogP contribution in [0.4, 0.5) is 5.69 Å². The Balaban J connectivity index is 1.28. The summed E-state index contributed by atoms with van der Waals surface area (Å²) in [5, 5.41) is 0. The number of alkyl halides is 1. The summed E-state index contributed by atoms with van der Waals surface area (Å²) < 4.78 is 5.36. The first-order valence-electron chi connectivity index (χ1n) is 12.5. The van der Waals surface area contributed by atoms with E-state index >= 15 is 0 Å². The highest BCUT2D eigenvalue weighted by atomic mass is 79.9. The SMILES string of the molecule is Cc1cccc(Oc2ccc(N3C(=O)[C@@H]4C5c6ccccc6C(Br)(c6ccccc65)[C@@H]4C3=O)cc2)c1C. The molecule has 1 fully saturated rings. The Morgan fingerprint density at radius 2 is 1.38 bits per heavy atom. The normalized spacial score (nSPS) is 25.1. The molecule has 0 N–H and O–H groups in total. The molecule has 3 aliphatic carbocycles. The largest absolute Gasteiger partial charge is 0.457 e. The summed E-state index contributed by atoms with van der Waals surface area (Å²) in [4.78, 5) is 29.5. The molecular formula is C32H24BrNO3. The van der Waals surface area contributed by atoms with E-state index in [0.29, 0.717) is 11.4 Å². The Morgan fingerprint density at radius 1 is 0.757 bits per heavy atom. The molecule has 1 heterocycles. The predicted molar refractivity (Wildman–Crippen MR) is 146 cm³/mol. The van der Waals surface area contributed by atoms with Crippen molar-refractivity contribution >= 4 is 33.4 Å². The molecule has 0 unspecified atom stereocenters. The van der Waals surface area contributed by atoms with Crippen LogP contribution >= 0.6 is 15.9 Å². The number of benzene rings is 4. The number of amides is 2. The fourth-order valence-electron chi connectivity index (χ4n) is 6.56. The molecule has 0 spiro atoms. The molecule has 2 atom stereocenters. The third kappa shape index (κ3) is 2.95. The molecule has 2 bridgehead atoms. The van der Waals surface area contributed by atoms with E-state index in [4.69, 9.17) is 4.74 Å². The van der Waals surface area contributed by atoms with Gasteiger partial charge in [-0.15, -0.1) is 0 Å². The fraction of sp³-hybridized carbons (Fsp3) is 0.188. The molecule has 1 saturated heterocycles. The van der Waals surface area contributed by atoms with E-state index in [9.17, 15) is 9.59 Å². The zero-order chi connectivity index (χ0) is 25.5. The Bertz CT molecular complexity index is 1560. The molecule has 37 heavy (non-hydrogen) atoms. The van der Waals surface area contributed by atoms with Gasteiger partial charge in [-0.3, -0.25) is 9.59 Å². The number of ether oxygens (including phenoxy) is 1. The van der Waals surface area contributed by atoms with Crippen molar-refractivity contribution in [3.05, 3.63) is 124 Å². The Hall–Kier alpha value is -3.70. The van der Waals surface area contributed by atoms with Gasteiger partial charge >= 0.3 is 0 Å². The molecule has 1 aliphatic heterocycles. The molecule has 2 amide bonds. The number of imide groups is 1. The quantitative estimate of drug-likeness (QED) is 0.204. The number of carbonyl (C=O) groups excluding carboxylic acids is 2. The number of anilines is 1. The van der Waals surface area contributed by atoms with Gasteiger partial charge in [0.25, 0.3) is 0 Å². The van der Waals surface area contributed by atoms with Crippen molar-refractivity contribution in [2.75, 3.05) is 4.90 Å². The van der Waals surface area contributed by atoms with E-state index < -0.39 is 16.2 Å². The topological polar surface area (TPSA) is 46.6 Å². The second-order valence-corrected chi connectivity index (χ2v) is 11.4. The van der Waals surface area contributed by atoms with Crippen molar-refractivity contribution in [3.8, 4) is 11.5 Å². The zero-order valence-corrected chi connectivity index (χ0v) is 22.0. The zero-order valence-electron chi connectivity index (χ0n) is 20.4. The van der Waals surface area contributed by atoms with Crippen LogP contribution in [0.5, 0.6) is 11.5 Å². The number of hydrogen-bond donors (Lipinski definition) is 0. The number of carbonyl (C=O) groups is 2. The summed E-state index contributed by atoms with van der Waals surface area (Å²) in [6, 6.07) is 29.6. The molecule has 0 radical (unpaired) electrons. The van der Waals surface area contributed by atoms with Gasteiger partial charge in [0, 0.05) is 5.92 Å². The van der Waals surface area contributed by atoms with Gasteiger partial charge in [-0.1, -0.05) is 76.6 Å². The minimum atomic E-state index is -0.743. The lowest BCUT2D eigenvalue weighted by molar-refractivity contribution is -0.122. The average Bonchev–Trinajstić information content (AvgIpc) is 3.19. The van der Waals surface area contributed by atoms with E-state index in [1.165, 1.54) is 4.90 Å². The highest BCUT2D eigenvalue weighted by Gasteiger charge is 2.67. The van der Waals surface area contributed by atoms with Gasteiger partial charge in [0.1, 0.15) is 11.5 Å². The van der Waals surface area contributed by atoms with Crippen LogP contribution in [0, 0.1) is 25.7 Å². The molecule has 182 valence electrons. The summed E-state index contributed by atoms with van der Waals surface area (Å²) >= 11 is 4.05. The second kappa shape index (κ2) is 7.90. The molecule has 0 aromatic heterocycles. The van der Waals surface area contributed by atoms with Gasteiger partial charge in [0.2, 0.25) is 11.8 Å². The molecule has 4 nitrogen and oxygen atoms in total. The average molecular weight is 550 g/mol. The standard InChI is InChI=1S/C32H24BrNO3/c1-18-8-7-13-26(19(18)2)37-21-16-14-20(15-17-21)34-30(35)28-27-22-9-3-5-11-24(22)32(33,29(28)31(34)36)25-12-6-4-10-23(25)27/h3-17,27-29H,1-2H3/t27?,28-,29+,32?/m1/s1. The smallest absolute Gasteiger partial charge is 0.239 e. The molecule has 4 aromatic carbocycles. The van der Waals surface area contributed by atoms with E-state index in [1.54, 1.807) is 12.1 Å². The molecule has 4 aliphatic rings. The van der Waals surface area contributed by atoms with Crippen LogP contribution in [0.3, 0.4) is 0 Å². The second-order valence-electron chi connectivity index (χ2n) is 10.2. The Kier molecular flexibility index (Phi) is 4.80. The predicted octanol–water partition coefficient (Wildman–Crippen LogP) is 7.00. The lowest BCUT2D eigenvalue weighted by Crippen LogP contribution is -2.50. The lowest BCUT2D eigenvalue weighted by Gasteiger charge is -2.51. The van der Waals surface area contributed by atoms with Crippen LogP contribution in [-0.4, -0.2) is 11.8 Å². The van der Waals surface area contributed by atoms with Crippen molar-refractivity contribution < 1.29 is 14.3 Å². The third-order valence-electron chi connectivity index (χ3n) is 8.39. The summed E-state index contributed by atoms with van der Waals surface area (Å²) in [5.74, 6) is 0.0275. The van der Waals surface area contributed by atoms with E-state index in [0.717, 1.165) is 39.1 Å². The van der Waals surface area contributed by atoms with Crippen LogP contribution in [-0.2, 0) is 13.9 Å². The van der Waals surface area contributed by atoms with Crippen LogP contribution in [0.25, 0.3) is 0 Å². The van der Waals surface area contributed by atoms with Gasteiger partial charge in [0.05, 0.1) is 21.8 Å². The van der Waals surface area contributed by atoms with Crippen LogP contribution < -0.4 is 9.64 Å². The van der Waals surface area contributed by atoms with Crippen molar-refractivity contribution in [1.82, 2.24) is 0 Å². The number of nitrogens with zero attached hydrogens (tertiary/aromatic N) is 1. The van der Waals surface area contributed by atoms with E-state index in [1.807, 2.05) is 55.5 Å². The summed E-state index contributed by atoms with van der Waals surface area (Å²) in [6.07, 6.45) is 0. The van der Waals surface area contributed by atoms with Gasteiger partial charge in [0.15, 0.2) is 0 Å². The fourth-order valence-corrected chi connectivity index (χ4v) is 7.76. The van der Waals surface area contributed by atoms with Crippen LogP contribution in [0.2, 0.25) is 0 Å². The molecule has 5 heteroatoms. The highest BCUT2D eigenvalue weighted by Crippen LogP contribution is 2.66. The summed E-state index contributed by atoms with van der Waals surface area (Å²) in [7, 11) is 0. The number of aryl methyl sites for hydroxylation is 1. The maximum absolute atomic E-state index is 14.1. The first-order valence-corrected chi connectivity index (χ1v) is 13.3. The molecule has 8 rings (SSSR count). The number of hydrogen-bond acceptors (Lipinski definition) is 3. The van der Waals surface area contributed by atoms with Crippen LogP contribution in [0.15, 0.2) is 91.0 Å².